The minimum Gasteiger partial charge on any atom is -0.466 e. The molecule has 3 atom stereocenters. The van der Waals surface area contributed by atoms with Gasteiger partial charge in [-0.05, 0) is 87.7 Å². The first-order chi connectivity index (χ1) is 17.3. The maximum Gasteiger partial charge on any atom is 0.306 e. The largest absolute Gasteiger partial charge is 0.466 e. The molecule has 0 bridgehead atoms. The van der Waals surface area contributed by atoms with Gasteiger partial charge in [0.05, 0.1) is 25.4 Å². The highest BCUT2D eigenvalue weighted by molar-refractivity contribution is 5.69. The molecule has 0 aromatic heterocycles. The first-order valence-electron chi connectivity index (χ1n) is 13.3. The summed E-state index contributed by atoms with van der Waals surface area (Å²) in [5.74, 6) is -0.350. The number of hydrogen-bond donors (Lipinski definition) is 1. The lowest BCUT2D eigenvalue weighted by atomic mass is 9.95. The summed E-state index contributed by atoms with van der Waals surface area (Å²) in [6, 6.07) is 12.0. The van der Waals surface area contributed by atoms with Gasteiger partial charge in [-0.1, -0.05) is 42.8 Å². The van der Waals surface area contributed by atoms with Gasteiger partial charge < -0.3 is 14.6 Å². The Morgan fingerprint density at radius 1 is 1.19 bits per heavy atom. The summed E-state index contributed by atoms with van der Waals surface area (Å²) < 4.78 is 25.3. The predicted octanol–water partition coefficient (Wildman–Crippen LogP) is 5.47. The summed E-state index contributed by atoms with van der Waals surface area (Å²) in [5, 5.41) is 10.8. The fourth-order valence-electron chi connectivity index (χ4n) is 5.12. The van der Waals surface area contributed by atoms with Crippen molar-refractivity contribution in [1.29, 1.82) is 0 Å². The quantitative estimate of drug-likeness (QED) is 0.370. The van der Waals surface area contributed by atoms with Gasteiger partial charge in [0, 0.05) is 19.0 Å². The second-order valence-corrected chi connectivity index (χ2v) is 9.97. The van der Waals surface area contributed by atoms with Crippen LogP contribution in [0.1, 0.15) is 73.5 Å². The number of likely N-dealkylation sites (tertiary alicyclic amines) is 1. The van der Waals surface area contributed by atoms with Crippen molar-refractivity contribution < 1.29 is 23.8 Å². The van der Waals surface area contributed by atoms with Gasteiger partial charge in [-0.15, -0.1) is 0 Å². The zero-order chi connectivity index (χ0) is 26.1. The third kappa shape index (κ3) is 8.12. The molecule has 198 valence electrons. The van der Waals surface area contributed by atoms with E-state index in [0.717, 1.165) is 54.5 Å². The fraction of sp³-hybridized carbons (Fsp3) is 0.567. The summed E-state index contributed by atoms with van der Waals surface area (Å²) >= 11 is 0. The van der Waals surface area contributed by atoms with Crippen LogP contribution in [0.25, 0.3) is 0 Å². The fourth-order valence-corrected chi connectivity index (χ4v) is 5.12. The molecular weight excluding hydrogens is 457 g/mol. The van der Waals surface area contributed by atoms with Crippen molar-refractivity contribution in [3.8, 4) is 0 Å². The van der Waals surface area contributed by atoms with Crippen molar-refractivity contribution >= 4 is 5.97 Å². The Morgan fingerprint density at radius 2 is 2.00 bits per heavy atom. The minimum atomic E-state index is -0.608. The van der Waals surface area contributed by atoms with Crippen LogP contribution in [-0.4, -0.2) is 54.4 Å². The first kappa shape index (κ1) is 28.3. The molecule has 3 rings (SSSR count). The zero-order valence-corrected chi connectivity index (χ0v) is 22.3. The highest BCUT2D eigenvalue weighted by Gasteiger charge is 2.27. The lowest BCUT2D eigenvalue weighted by Crippen LogP contribution is -2.39. The molecule has 0 saturated carbocycles. The number of nitrogens with zero attached hydrogens (tertiary/aromatic N) is 1. The number of carbonyl (C=O) groups is 1. The molecule has 1 heterocycles. The van der Waals surface area contributed by atoms with Crippen LogP contribution in [0.3, 0.4) is 0 Å². The SMILES string of the molecule is CCOC(=O)CCc1cc(C)ccc1[C@@H](CC)OC[C@H](O)CN1CCC[C@H]1Cc1ccc(C)c(F)c1. The molecular formula is C30H42FNO4. The Bertz CT molecular complexity index is 995. The highest BCUT2D eigenvalue weighted by Crippen LogP contribution is 2.28. The lowest BCUT2D eigenvalue weighted by Gasteiger charge is -2.28. The Labute approximate surface area is 215 Å². The molecule has 0 radical (unpaired) electrons. The predicted molar refractivity (Wildman–Crippen MR) is 141 cm³/mol. The van der Waals surface area contributed by atoms with Gasteiger partial charge in [-0.2, -0.15) is 0 Å². The number of β-amino-alcohol motifs (C(OH)–C–C–N with tert-alkyl or cyclic N) is 1. The van der Waals surface area contributed by atoms with Crippen molar-refractivity contribution in [2.75, 3.05) is 26.3 Å². The van der Waals surface area contributed by atoms with Gasteiger partial charge in [0.15, 0.2) is 0 Å². The van der Waals surface area contributed by atoms with E-state index >= 15 is 0 Å². The first-order valence-corrected chi connectivity index (χ1v) is 13.3. The molecule has 0 unspecified atom stereocenters. The Kier molecular flexibility index (Phi) is 10.9. The van der Waals surface area contributed by atoms with Crippen molar-refractivity contribution in [3.05, 3.63) is 70.0 Å². The van der Waals surface area contributed by atoms with Gasteiger partial charge in [0.1, 0.15) is 5.82 Å². The summed E-state index contributed by atoms with van der Waals surface area (Å²) in [4.78, 5) is 14.2. The second-order valence-electron chi connectivity index (χ2n) is 9.97. The Balaban J connectivity index is 1.56. The van der Waals surface area contributed by atoms with Crippen LogP contribution >= 0.6 is 0 Å². The van der Waals surface area contributed by atoms with E-state index < -0.39 is 6.10 Å². The van der Waals surface area contributed by atoms with Gasteiger partial charge in [-0.3, -0.25) is 9.69 Å². The number of benzene rings is 2. The van der Waals surface area contributed by atoms with Crippen molar-refractivity contribution in [2.45, 2.75) is 84.5 Å². The summed E-state index contributed by atoms with van der Waals surface area (Å²) in [6.07, 6.45) is 3.87. The van der Waals surface area contributed by atoms with Crippen LogP contribution in [-0.2, 0) is 27.1 Å². The number of rotatable bonds is 13. The monoisotopic (exact) mass is 499 g/mol. The van der Waals surface area contributed by atoms with Crippen molar-refractivity contribution in [3.63, 3.8) is 0 Å². The maximum absolute atomic E-state index is 14.0. The second kappa shape index (κ2) is 13.9. The van der Waals surface area contributed by atoms with Crippen LogP contribution in [0.4, 0.5) is 4.39 Å². The molecule has 5 nitrogen and oxygen atoms in total. The van der Waals surface area contributed by atoms with Crippen LogP contribution < -0.4 is 0 Å². The minimum absolute atomic E-state index is 0.151. The van der Waals surface area contributed by atoms with Gasteiger partial charge in [-0.25, -0.2) is 4.39 Å². The topological polar surface area (TPSA) is 59.0 Å². The average Bonchev–Trinajstić information content (AvgIpc) is 3.27. The number of hydrogen-bond acceptors (Lipinski definition) is 5. The van der Waals surface area contributed by atoms with Crippen LogP contribution in [0, 0.1) is 19.7 Å². The van der Waals surface area contributed by atoms with E-state index in [-0.39, 0.29) is 24.5 Å². The van der Waals surface area contributed by atoms with E-state index in [2.05, 4.69) is 30.0 Å². The summed E-state index contributed by atoms with van der Waals surface area (Å²) in [5.41, 5.74) is 4.97. The summed E-state index contributed by atoms with van der Waals surface area (Å²) in [7, 11) is 0. The molecule has 36 heavy (non-hydrogen) atoms. The number of ether oxygens (including phenoxy) is 2. The Hall–Kier alpha value is -2.28. The van der Waals surface area contributed by atoms with E-state index in [9.17, 15) is 14.3 Å². The number of aliphatic hydroxyl groups is 1. The highest BCUT2D eigenvalue weighted by atomic mass is 19.1. The van der Waals surface area contributed by atoms with Gasteiger partial charge >= 0.3 is 5.97 Å². The third-order valence-corrected chi connectivity index (χ3v) is 7.06. The molecule has 1 fully saturated rings. The number of esters is 1. The number of aliphatic hydroxyl groups excluding tert-OH is 1. The van der Waals surface area contributed by atoms with E-state index in [1.54, 1.807) is 13.0 Å². The van der Waals surface area contributed by atoms with Crippen LogP contribution in [0.2, 0.25) is 0 Å². The molecule has 1 N–H and O–H groups in total. The standard InChI is InChI=1S/C30H42FNO4/c1-5-29(27-13-9-21(3)16-24(27)12-14-30(34)35-6-2)36-20-26(33)19-32-15-7-8-25(32)17-23-11-10-22(4)28(31)18-23/h9-11,13,16,18,25-26,29,33H,5-8,12,14-15,17,19-20H2,1-4H3/t25-,26+,29+/m0/s1. The van der Waals surface area contributed by atoms with Crippen molar-refractivity contribution in [2.24, 2.45) is 0 Å². The third-order valence-electron chi connectivity index (χ3n) is 7.06. The normalized spacial score (nSPS) is 17.8. The molecule has 6 heteroatoms. The van der Waals surface area contributed by atoms with E-state index in [4.69, 9.17) is 9.47 Å². The van der Waals surface area contributed by atoms with Gasteiger partial charge in [0.2, 0.25) is 0 Å². The molecule has 1 aliphatic rings. The molecule has 2 aromatic rings. The van der Waals surface area contributed by atoms with Crippen LogP contribution in [0.5, 0.6) is 0 Å². The Morgan fingerprint density at radius 3 is 2.72 bits per heavy atom. The van der Waals surface area contributed by atoms with E-state index in [0.29, 0.717) is 37.6 Å². The number of carbonyl (C=O) groups excluding carboxylic acids is 1. The maximum atomic E-state index is 14.0. The lowest BCUT2D eigenvalue weighted by molar-refractivity contribution is -0.143. The molecule has 1 aliphatic heterocycles. The molecule has 2 aromatic carbocycles. The smallest absolute Gasteiger partial charge is 0.306 e. The zero-order valence-electron chi connectivity index (χ0n) is 22.3. The molecule has 0 aliphatic carbocycles. The average molecular weight is 500 g/mol. The number of aryl methyl sites for hydroxylation is 3. The van der Waals surface area contributed by atoms with E-state index in [1.165, 1.54) is 0 Å². The van der Waals surface area contributed by atoms with Gasteiger partial charge in [0.25, 0.3) is 0 Å². The molecule has 1 saturated heterocycles. The molecule has 0 spiro atoms. The molecule has 0 amide bonds. The number of halogens is 1. The summed E-state index contributed by atoms with van der Waals surface area (Å²) in [6.45, 7) is 9.81. The van der Waals surface area contributed by atoms with Crippen molar-refractivity contribution in [1.82, 2.24) is 4.90 Å². The van der Waals surface area contributed by atoms with E-state index in [1.807, 2.05) is 26.0 Å². The van der Waals surface area contributed by atoms with Crippen LogP contribution in [0.15, 0.2) is 36.4 Å².